The molecule has 0 saturated carbocycles. The Morgan fingerprint density at radius 2 is 1.25 bits per heavy atom. The zero-order chi connectivity index (χ0) is 26.0. The highest BCUT2D eigenvalue weighted by molar-refractivity contribution is 6.12. The summed E-state index contributed by atoms with van der Waals surface area (Å²) in [6.07, 6.45) is 4.38. The van der Waals surface area contributed by atoms with Crippen molar-refractivity contribution in [3.63, 3.8) is 0 Å². The molecule has 0 N–H and O–H groups in total. The molecule has 3 aromatic rings. The molecular formula is C29H39N2O5+. The van der Waals surface area contributed by atoms with Crippen LogP contribution in [-0.4, -0.2) is 84.4 Å². The molecule has 2 aliphatic heterocycles. The second-order valence-corrected chi connectivity index (χ2v) is 10.3. The first-order valence-electron chi connectivity index (χ1n) is 12.5. The maximum absolute atomic E-state index is 11.7. The molecule has 194 valence electrons. The molecule has 1 fully saturated rings. The highest BCUT2D eigenvalue weighted by Crippen LogP contribution is 2.47. The first-order chi connectivity index (χ1) is 17.3. The predicted octanol–water partition coefficient (Wildman–Crippen LogP) is 4.44. The van der Waals surface area contributed by atoms with Gasteiger partial charge in [-0.25, -0.2) is 0 Å². The minimum absolute atomic E-state index is 0.474. The van der Waals surface area contributed by atoms with Gasteiger partial charge in [-0.2, -0.15) is 0 Å². The summed E-state index contributed by atoms with van der Waals surface area (Å²) >= 11 is 0. The van der Waals surface area contributed by atoms with Crippen molar-refractivity contribution < 1.29 is 28.2 Å². The van der Waals surface area contributed by atoms with Crippen molar-refractivity contribution in [3.05, 3.63) is 35.4 Å². The number of carbonyl (C=O) groups excluding carboxylic acids is 1. The Morgan fingerprint density at radius 1 is 0.806 bits per heavy atom. The topological polar surface area (TPSA) is 57.2 Å². The fraction of sp³-hybridized carbons (Fsp3) is 0.483. The molecule has 0 aliphatic carbocycles. The summed E-state index contributed by atoms with van der Waals surface area (Å²) in [5, 5.41) is 4.56. The number of hydrogen-bond donors (Lipinski definition) is 0. The summed E-state index contributed by atoms with van der Waals surface area (Å²) in [5.41, 5.74) is 2.66. The van der Waals surface area contributed by atoms with Gasteiger partial charge in [0.15, 0.2) is 29.3 Å². The van der Waals surface area contributed by atoms with Gasteiger partial charge in [0, 0.05) is 24.8 Å². The van der Waals surface area contributed by atoms with Crippen LogP contribution in [0.2, 0.25) is 0 Å². The molecule has 0 spiro atoms. The quantitative estimate of drug-likeness (QED) is 0.286. The van der Waals surface area contributed by atoms with Gasteiger partial charge in [0.05, 0.1) is 41.0 Å². The molecule has 3 aromatic carbocycles. The van der Waals surface area contributed by atoms with Gasteiger partial charge in [0.1, 0.15) is 13.1 Å². The maximum atomic E-state index is 11.7. The molecule has 1 saturated heterocycles. The minimum atomic E-state index is 0.474. The van der Waals surface area contributed by atoms with E-state index in [9.17, 15) is 4.79 Å². The van der Waals surface area contributed by atoms with Gasteiger partial charge in [-0.1, -0.05) is 0 Å². The fourth-order valence-corrected chi connectivity index (χ4v) is 6.05. The van der Waals surface area contributed by atoms with Gasteiger partial charge < -0.3 is 28.3 Å². The third-order valence-corrected chi connectivity index (χ3v) is 7.62. The van der Waals surface area contributed by atoms with Crippen LogP contribution in [0.25, 0.3) is 21.5 Å². The summed E-state index contributed by atoms with van der Waals surface area (Å²) < 4.78 is 23.4. The zero-order valence-corrected chi connectivity index (χ0v) is 22.6. The highest BCUT2D eigenvalue weighted by atomic mass is 16.5. The fourth-order valence-electron chi connectivity index (χ4n) is 6.05. The van der Waals surface area contributed by atoms with E-state index in [0.717, 1.165) is 65.0 Å². The Kier molecular flexibility index (Phi) is 7.62. The summed E-state index contributed by atoms with van der Waals surface area (Å²) in [6, 6.07) is 8.80. The molecule has 2 atom stereocenters. The normalized spacial score (nSPS) is 20.4. The van der Waals surface area contributed by atoms with Crippen LogP contribution in [0, 0.1) is 0 Å². The highest BCUT2D eigenvalue weighted by Gasteiger charge is 2.46. The molecule has 0 radical (unpaired) electrons. The summed E-state index contributed by atoms with van der Waals surface area (Å²) in [6.45, 7) is 2.49. The van der Waals surface area contributed by atoms with Crippen LogP contribution in [0.4, 0.5) is 0 Å². The molecule has 7 nitrogen and oxygen atoms in total. The standard InChI is InChI=1S/C26H30NO5.C3H9N/c1-29-23-11-18-17-10-16-6-5-7-27(16,8-9-28)15-22(17)21-14-26(32-4)25(31-3)13-20(21)19(18)12-24(23)30-2;1-4(2)3/h9,11-14,16H,5-8,10,15H2,1-4H3;1-3H3/q+1;. The van der Waals surface area contributed by atoms with E-state index >= 15 is 0 Å². The lowest BCUT2D eigenvalue weighted by Crippen LogP contribution is -2.55. The number of aldehydes is 1. The smallest absolute Gasteiger partial charge is 0.174 e. The second-order valence-electron chi connectivity index (χ2n) is 10.3. The Morgan fingerprint density at radius 3 is 1.69 bits per heavy atom. The van der Waals surface area contributed by atoms with Gasteiger partial charge in [-0.3, -0.25) is 4.79 Å². The number of quaternary nitrogens is 1. The first-order valence-corrected chi connectivity index (χ1v) is 12.5. The van der Waals surface area contributed by atoms with Crippen LogP contribution < -0.4 is 18.9 Å². The van der Waals surface area contributed by atoms with Crippen molar-refractivity contribution >= 4 is 27.8 Å². The lowest BCUT2D eigenvalue weighted by molar-refractivity contribution is -0.946. The van der Waals surface area contributed by atoms with Crippen LogP contribution in [0.1, 0.15) is 24.0 Å². The van der Waals surface area contributed by atoms with Crippen molar-refractivity contribution in [2.24, 2.45) is 0 Å². The van der Waals surface area contributed by atoms with Crippen LogP contribution >= 0.6 is 0 Å². The van der Waals surface area contributed by atoms with Crippen molar-refractivity contribution in [1.29, 1.82) is 0 Å². The zero-order valence-electron chi connectivity index (χ0n) is 22.6. The van der Waals surface area contributed by atoms with E-state index in [-0.39, 0.29) is 0 Å². The largest absolute Gasteiger partial charge is 0.493 e. The van der Waals surface area contributed by atoms with Gasteiger partial charge in [0.2, 0.25) is 0 Å². The number of nitrogens with zero attached hydrogens (tertiary/aromatic N) is 2. The molecule has 2 unspecified atom stereocenters. The SMILES string of the molecule is CN(C)C.COc1cc2c3c(c4cc(OC)c(OC)cc4c2cc1OC)C[N+]1(CC=O)CCCC1C3. The number of ether oxygens (including phenoxy) is 4. The predicted molar refractivity (Wildman–Crippen MR) is 144 cm³/mol. The molecule has 7 heteroatoms. The number of carbonyl (C=O) groups is 1. The Hall–Kier alpha value is -3.03. The van der Waals surface area contributed by atoms with E-state index in [4.69, 9.17) is 18.9 Å². The number of methoxy groups -OCH3 is 4. The molecule has 36 heavy (non-hydrogen) atoms. The van der Waals surface area contributed by atoms with Gasteiger partial charge in [-0.05, 0) is 72.5 Å². The molecule has 5 rings (SSSR count). The summed E-state index contributed by atoms with van der Waals surface area (Å²) in [7, 11) is 12.7. The van der Waals surface area contributed by atoms with E-state index in [1.54, 1.807) is 28.4 Å². The first kappa shape index (κ1) is 26.0. The Bertz CT molecular complexity index is 1270. The van der Waals surface area contributed by atoms with Gasteiger partial charge >= 0.3 is 0 Å². The van der Waals surface area contributed by atoms with Gasteiger partial charge in [-0.15, -0.1) is 0 Å². The van der Waals surface area contributed by atoms with E-state index in [0.29, 0.717) is 29.8 Å². The maximum Gasteiger partial charge on any atom is 0.174 e. The molecule has 0 amide bonds. The molecule has 2 aliphatic rings. The molecule has 0 aromatic heterocycles. The molecule has 0 bridgehead atoms. The van der Waals surface area contributed by atoms with E-state index in [1.807, 2.05) is 26.0 Å². The minimum Gasteiger partial charge on any atom is -0.493 e. The van der Waals surface area contributed by atoms with Crippen LogP contribution in [0.5, 0.6) is 23.0 Å². The lowest BCUT2D eigenvalue weighted by Gasteiger charge is -2.43. The Labute approximate surface area is 214 Å². The number of rotatable bonds is 6. The number of fused-ring (bicyclic) bond motifs is 7. The molecule has 2 heterocycles. The average Bonchev–Trinajstić information content (AvgIpc) is 3.28. The van der Waals surface area contributed by atoms with Crippen molar-refractivity contribution in [2.45, 2.75) is 31.8 Å². The number of hydrogen-bond acceptors (Lipinski definition) is 6. The number of benzene rings is 3. The second kappa shape index (κ2) is 10.5. The average molecular weight is 496 g/mol. The lowest BCUT2D eigenvalue weighted by atomic mass is 9.83. The van der Waals surface area contributed by atoms with Crippen molar-refractivity contribution in [3.8, 4) is 23.0 Å². The van der Waals surface area contributed by atoms with Crippen molar-refractivity contribution in [1.82, 2.24) is 4.90 Å². The van der Waals surface area contributed by atoms with Gasteiger partial charge in [0.25, 0.3) is 0 Å². The third-order valence-electron chi connectivity index (χ3n) is 7.62. The van der Waals surface area contributed by atoms with Crippen LogP contribution in [-0.2, 0) is 17.8 Å². The summed E-state index contributed by atoms with van der Waals surface area (Å²) in [5.74, 6) is 2.85. The van der Waals surface area contributed by atoms with E-state index in [2.05, 4.69) is 24.3 Å². The van der Waals surface area contributed by atoms with Crippen LogP contribution in [0.15, 0.2) is 24.3 Å². The Balaban J connectivity index is 0.000000709. The molecular weight excluding hydrogens is 456 g/mol. The third kappa shape index (κ3) is 4.46. The van der Waals surface area contributed by atoms with Crippen LogP contribution in [0.3, 0.4) is 0 Å². The van der Waals surface area contributed by atoms with E-state index in [1.165, 1.54) is 16.5 Å². The van der Waals surface area contributed by atoms with E-state index < -0.39 is 0 Å². The summed E-state index contributed by atoms with van der Waals surface area (Å²) in [4.78, 5) is 13.7. The monoisotopic (exact) mass is 495 g/mol. The van der Waals surface area contributed by atoms with Crippen molar-refractivity contribution in [2.75, 3.05) is 62.7 Å².